The lowest BCUT2D eigenvalue weighted by Gasteiger charge is -2.10. The number of ether oxygens (including phenoxy) is 1. The summed E-state index contributed by atoms with van der Waals surface area (Å²) in [6.45, 7) is 0. The SMILES string of the molecule is Nc1nnc(SCc2ccccc2Oc2ccccc2)s1. The van der Waals surface area contributed by atoms with Crippen LogP contribution >= 0.6 is 23.1 Å². The Morgan fingerprint density at radius 2 is 1.76 bits per heavy atom. The second-order valence-electron chi connectivity index (χ2n) is 4.22. The van der Waals surface area contributed by atoms with Gasteiger partial charge in [0.25, 0.3) is 0 Å². The van der Waals surface area contributed by atoms with Gasteiger partial charge in [-0.2, -0.15) is 0 Å². The van der Waals surface area contributed by atoms with E-state index in [1.54, 1.807) is 11.8 Å². The summed E-state index contributed by atoms with van der Waals surface area (Å²) in [5.41, 5.74) is 6.70. The van der Waals surface area contributed by atoms with Crippen molar-refractivity contribution in [3.05, 3.63) is 60.2 Å². The molecule has 0 unspecified atom stereocenters. The average molecular weight is 315 g/mol. The van der Waals surface area contributed by atoms with Gasteiger partial charge in [0.05, 0.1) is 0 Å². The number of para-hydroxylation sites is 2. The van der Waals surface area contributed by atoms with Crippen LogP contribution in [-0.4, -0.2) is 10.2 Å². The van der Waals surface area contributed by atoms with Crippen molar-refractivity contribution >= 4 is 28.2 Å². The Balaban J connectivity index is 1.73. The van der Waals surface area contributed by atoms with Gasteiger partial charge in [0.1, 0.15) is 11.5 Å². The van der Waals surface area contributed by atoms with Crippen molar-refractivity contribution in [3.63, 3.8) is 0 Å². The molecule has 1 heterocycles. The van der Waals surface area contributed by atoms with Gasteiger partial charge in [0.15, 0.2) is 4.34 Å². The van der Waals surface area contributed by atoms with Crippen molar-refractivity contribution in [1.29, 1.82) is 0 Å². The molecule has 3 rings (SSSR count). The van der Waals surface area contributed by atoms with E-state index in [0.717, 1.165) is 27.2 Å². The number of benzene rings is 2. The van der Waals surface area contributed by atoms with Crippen molar-refractivity contribution in [2.24, 2.45) is 0 Å². The first-order valence-corrected chi connectivity index (χ1v) is 8.14. The number of aromatic nitrogens is 2. The molecule has 0 amide bonds. The third-order valence-electron chi connectivity index (χ3n) is 2.72. The minimum Gasteiger partial charge on any atom is -0.457 e. The lowest BCUT2D eigenvalue weighted by Crippen LogP contribution is -1.90. The molecule has 2 N–H and O–H groups in total. The van der Waals surface area contributed by atoms with Crippen LogP contribution in [0.2, 0.25) is 0 Å². The summed E-state index contributed by atoms with van der Waals surface area (Å²) < 4.78 is 6.80. The van der Waals surface area contributed by atoms with Crippen LogP contribution in [0.4, 0.5) is 5.13 Å². The predicted molar refractivity (Wildman–Crippen MR) is 86.8 cm³/mol. The highest BCUT2D eigenvalue weighted by molar-refractivity contribution is 8.00. The van der Waals surface area contributed by atoms with Crippen molar-refractivity contribution in [2.45, 2.75) is 10.1 Å². The molecular formula is C15H13N3OS2. The summed E-state index contributed by atoms with van der Waals surface area (Å²) in [6.07, 6.45) is 0. The zero-order valence-corrected chi connectivity index (χ0v) is 12.7. The summed E-state index contributed by atoms with van der Waals surface area (Å²) in [6, 6.07) is 17.7. The van der Waals surface area contributed by atoms with Crippen molar-refractivity contribution in [2.75, 3.05) is 5.73 Å². The molecule has 0 fully saturated rings. The number of rotatable bonds is 5. The van der Waals surface area contributed by atoms with Crippen LogP contribution in [0, 0.1) is 0 Å². The molecular weight excluding hydrogens is 302 g/mol. The van der Waals surface area contributed by atoms with E-state index in [4.69, 9.17) is 10.5 Å². The maximum absolute atomic E-state index is 5.93. The first-order chi connectivity index (χ1) is 10.3. The normalized spacial score (nSPS) is 10.5. The van der Waals surface area contributed by atoms with Crippen LogP contribution in [0.15, 0.2) is 58.9 Å². The van der Waals surface area contributed by atoms with Crippen LogP contribution in [0.1, 0.15) is 5.56 Å². The van der Waals surface area contributed by atoms with E-state index < -0.39 is 0 Å². The monoisotopic (exact) mass is 315 g/mol. The zero-order valence-electron chi connectivity index (χ0n) is 11.1. The molecule has 0 aliphatic heterocycles. The molecule has 0 saturated heterocycles. The van der Waals surface area contributed by atoms with Crippen LogP contribution < -0.4 is 10.5 Å². The highest BCUT2D eigenvalue weighted by atomic mass is 32.2. The predicted octanol–water partition coefficient (Wildman–Crippen LogP) is 4.20. The van der Waals surface area contributed by atoms with Gasteiger partial charge in [-0.05, 0) is 18.2 Å². The average Bonchev–Trinajstić information content (AvgIpc) is 2.93. The van der Waals surface area contributed by atoms with Gasteiger partial charge < -0.3 is 10.5 Å². The fourth-order valence-corrected chi connectivity index (χ4v) is 3.38. The fraction of sp³-hybridized carbons (Fsp3) is 0.0667. The summed E-state index contributed by atoms with van der Waals surface area (Å²) >= 11 is 3.00. The van der Waals surface area contributed by atoms with Gasteiger partial charge in [-0.25, -0.2) is 0 Å². The maximum atomic E-state index is 5.93. The third-order valence-corrected chi connectivity index (χ3v) is 4.65. The van der Waals surface area contributed by atoms with Gasteiger partial charge in [0, 0.05) is 11.3 Å². The highest BCUT2D eigenvalue weighted by Crippen LogP contribution is 2.32. The van der Waals surface area contributed by atoms with E-state index in [0.29, 0.717) is 5.13 Å². The van der Waals surface area contributed by atoms with E-state index in [9.17, 15) is 0 Å². The highest BCUT2D eigenvalue weighted by Gasteiger charge is 2.07. The molecule has 0 aliphatic rings. The number of anilines is 1. The number of nitrogen functional groups attached to an aromatic ring is 1. The summed E-state index contributed by atoms with van der Waals surface area (Å²) in [5.74, 6) is 2.45. The molecule has 0 aliphatic carbocycles. The molecule has 106 valence electrons. The Kier molecular flexibility index (Phi) is 4.37. The molecule has 0 radical (unpaired) electrons. The standard InChI is InChI=1S/C15H13N3OS2/c16-14-17-18-15(21-14)20-10-11-6-4-5-9-13(11)19-12-7-2-1-3-8-12/h1-9H,10H2,(H2,16,17). The van der Waals surface area contributed by atoms with E-state index >= 15 is 0 Å². The Hall–Kier alpha value is -2.05. The van der Waals surface area contributed by atoms with E-state index in [1.165, 1.54) is 11.3 Å². The molecule has 21 heavy (non-hydrogen) atoms. The Bertz CT molecular complexity index is 716. The van der Waals surface area contributed by atoms with E-state index in [2.05, 4.69) is 16.3 Å². The van der Waals surface area contributed by atoms with Gasteiger partial charge in [-0.15, -0.1) is 10.2 Å². The largest absolute Gasteiger partial charge is 0.457 e. The molecule has 0 atom stereocenters. The van der Waals surface area contributed by atoms with Crippen LogP contribution in [0.25, 0.3) is 0 Å². The second kappa shape index (κ2) is 6.60. The maximum Gasteiger partial charge on any atom is 0.203 e. The second-order valence-corrected chi connectivity index (χ2v) is 6.45. The number of nitrogens with two attached hydrogens (primary N) is 1. The lowest BCUT2D eigenvalue weighted by atomic mass is 10.2. The first kappa shape index (κ1) is 13.9. The Morgan fingerprint density at radius 1 is 1.00 bits per heavy atom. The minimum atomic E-state index is 0.492. The molecule has 0 spiro atoms. The Morgan fingerprint density at radius 3 is 2.52 bits per heavy atom. The zero-order chi connectivity index (χ0) is 14.5. The van der Waals surface area contributed by atoms with Crippen LogP contribution in [-0.2, 0) is 5.75 Å². The van der Waals surface area contributed by atoms with Gasteiger partial charge >= 0.3 is 0 Å². The molecule has 6 heteroatoms. The van der Waals surface area contributed by atoms with Crippen molar-refractivity contribution in [1.82, 2.24) is 10.2 Å². The van der Waals surface area contributed by atoms with E-state index in [1.807, 2.05) is 48.5 Å². The van der Waals surface area contributed by atoms with Crippen molar-refractivity contribution in [3.8, 4) is 11.5 Å². The molecule has 4 nitrogen and oxygen atoms in total. The fourth-order valence-electron chi connectivity index (χ4n) is 1.76. The summed E-state index contributed by atoms with van der Waals surface area (Å²) in [7, 11) is 0. The molecule has 2 aromatic carbocycles. The van der Waals surface area contributed by atoms with Crippen LogP contribution in [0.5, 0.6) is 11.5 Å². The van der Waals surface area contributed by atoms with Gasteiger partial charge in [-0.1, -0.05) is 59.5 Å². The number of nitrogens with zero attached hydrogens (tertiary/aromatic N) is 2. The van der Waals surface area contributed by atoms with Crippen LogP contribution in [0.3, 0.4) is 0 Å². The molecule has 0 saturated carbocycles. The number of hydrogen-bond donors (Lipinski definition) is 1. The van der Waals surface area contributed by atoms with Gasteiger partial charge in [-0.3, -0.25) is 0 Å². The number of hydrogen-bond acceptors (Lipinski definition) is 6. The molecule has 0 bridgehead atoms. The quantitative estimate of drug-likeness (QED) is 0.715. The summed E-state index contributed by atoms with van der Waals surface area (Å²) in [4.78, 5) is 0. The Labute approximate surface area is 131 Å². The topological polar surface area (TPSA) is 61.0 Å². The first-order valence-electron chi connectivity index (χ1n) is 6.34. The smallest absolute Gasteiger partial charge is 0.203 e. The third kappa shape index (κ3) is 3.74. The minimum absolute atomic E-state index is 0.492. The van der Waals surface area contributed by atoms with Gasteiger partial charge in [0.2, 0.25) is 5.13 Å². The molecule has 3 aromatic rings. The summed E-state index contributed by atoms with van der Waals surface area (Å²) in [5, 5.41) is 8.32. The van der Waals surface area contributed by atoms with E-state index in [-0.39, 0.29) is 0 Å². The molecule has 1 aromatic heterocycles. The number of thioether (sulfide) groups is 1. The van der Waals surface area contributed by atoms with Crippen molar-refractivity contribution < 1.29 is 4.74 Å². The lowest BCUT2D eigenvalue weighted by molar-refractivity contribution is 0.478.